The van der Waals surface area contributed by atoms with Crippen molar-refractivity contribution in [1.82, 2.24) is 9.97 Å². The Morgan fingerprint density at radius 2 is 1.07 bits per heavy atom. The molecule has 1 aliphatic carbocycles. The highest BCUT2D eigenvalue weighted by Gasteiger charge is 2.45. The molecule has 6 aromatic carbocycles. The summed E-state index contributed by atoms with van der Waals surface area (Å²) in [7, 11) is 0. The molecule has 1 aliphatic rings. The van der Waals surface area contributed by atoms with E-state index >= 15 is 0 Å². The van der Waals surface area contributed by atoms with Gasteiger partial charge >= 0.3 is 0 Å². The van der Waals surface area contributed by atoms with Crippen LogP contribution in [0.3, 0.4) is 0 Å². The zero-order valence-electron chi connectivity index (χ0n) is 33.3. The number of hydrogen-bond acceptors (Lipinski definition) is 2. The van der Waals surface area contributed by atoms with E-state index in [1.165, 1.54) is 50.1 Å². The van der Waals surface area contributed by atoms with Crippen molar-refractivity contribution in [3.63, 3.8) is 0 Å². The van der Waals surface area contributed by atoms with E-state index in [2.05, 4.69) is 191 Å². The minimum Gasteiger partial charge on any atom is -0.254 e. The molecule has 2 aromatic heterocycles. The van der Waals surface area contributed by atoms with Crippen molar-refractivity contribution in [2.75, 3.05) is 0 Å². The SMILES string of the molecule is CC.CC(C)C.CC(C)Cc1ccc(C2(c3cccc(-c4ccc(-c5ccc6ccc7cccnc7c6n5)cc4)c3)c3ccccc3-c3ccccc32)cc1. The second-order valence-corrected chi connectivity index (χ2v) is 15.4. The van der Waals surface area contributed by atoms with Crippen LogP contribution < -0.4 is 0 Å². The van der Waals surface area contributed by atoms with Gasteiger partial charge in [0.25, 0.3) is 0 Å². The summed E-state index contributed by atoms with van der Waals surface area (Å²) in [4.78, 5) is 9.73. The van der Waals surface area contributed by atoms with Crippen molar-refractivity contribution in [2.45, 2.75) is 60.3 Å². The predicted molar refractivity (Wildman–Crippen MR) is 236 cm³/mol. The number of benzene rings is 6. The molecule has 0 bridgehead atoms. The van der Waals surface area contributed by atoms with Gasteiger partial charge in [0.15, 0.2) is 0 Å². The van der Waals surface area contributed by atoms with Crippen molar-refractivity contribution in [2.24, 2.45) is 11.8 Å². The lowest BCUT2D eigenvalue weighted by atomic mass is 9.67. The van der Waals surface area contributed by atoms with Crippen LogP contribution in [0.2, 0.25) is 0 Å². The Bertz CT molecular complexity index is 2490. The van der Waals surface area contributed by atoms with E-state index < -0.39 is 5.41 Å². The number of nitrogens with zero attached hydrogens (tertiary/aromatic N) is 2. The molecular weight excluding hydrogens is 665 g/mol. The van der Waals surface area contributed by atoms with E-state index in [0.717, 1.165) is 45.4 Å². The second kappa shape index (κ2) is 16.2. The molecule has 0 aliphatic heterocycles. The highest BCUT2D eigenvalue weighted by molar-refractivity contribution is 6.03. The van der Waals surface area contributed by atoms with Crippen LogP contribution in [0.25, 0.3) is 55.3 Å². The normalized spacial score (nSPS) is 12.5. The maximum Gasteiger partial charge on any atom is 0.0972 e. The third-order valence-corrected chi connectivity index (χ3v) is 10.2. The molecular formula is C53H52N2. The first-order chi connectivity index (χ1) is 26.8. The van der Waals surface area contributed by atoms with Crippen LogP contribution in [0.1, 0.15) is 76.3 Å². The van der Waals surface area contributed by atoms with Gasteiger partial charge in [-0.1, -0.05) is 188 Å². The smallest absolute Gasteiger partial charge is 0.0972 e. The molecule has 2 nitrogen and oxygen atoms in total. The molecule has 0 radical (unpaired) electrons. The molecule has 0 spiro atoms. The zero-order valence-corrected chi connectivity index (χ0v) is 33.3. The van der Waals surface area contributed by atoms with Gasteiger partial charge in [0.05, 0.1) is 22.1 Å². The van der Waals surface area contributed by atoms with Gasteiger partial charge in [-0.25, -0.2) is 4.98 Å². The van der Waals surface area contributed by atoms with Gasteiger partial charge in [0.1, 0.15) is 0 Å². The number of rotatable bonds is 6. The molecule has 55 heavy (non-hydrogen) atoms. The third-order valence-electron chi connectivity index (χ3n) is 10.2. The standard InChI is InChI=1S/C47H36N2.C4H10.C2H6/c1-31(2)29-32-16-25-38(26-17-32)47(42-14-5-3-12-40(42)41-13-4-6-15-43(41)47)39-11-7-9-37(30-39)33-18-20-34(21-19-33)44-27-24-36-23-22-35-10-8-28-48-45(35)46(36)49-44;1-4(2)3;1-2/h3-28,30-31H,29H2,1-2H3;4H,1-3H3;1-2H3. The molecule has 0 unspecified atom stereocenters. The van der Waals surface area contributed by atoms with Gasteiger partial charge in [-0.2, -0.15) is 0 Å². The van der Waals surface area contributed by atoms with Crippen LogP contribution >= 0.6 is 0 Å². The van der Waals surface area contributed by atoms with Crippen molar-refractivity contribution in [3.05, 3.63) is 192 Å². The fourth-order valence-electron chi connectivity index (χ4n) is 8.04. The van der Waals surface area contributed by atoms with Gasteiger partial charge in [-0.3, -0.25) is 4.98 Å². The summed E-state index contributed by atoms with van der Waals surface area (Å²) in [6.07, 6.45) is 2.92. The Morgan fingerprint density at radius 1 is 0.491 bits per heavy atom. The maximum atomic E-state index is 5.09. The van der Waals surface area contributed by atoms with Crippen LogP contribution in [0, 0.1) is 11.8 Å². The quantitative estimate of drug-likeness (QED) is 0.160. The molecule has 0 N–H and O–H groups in total. The molecule has 0 amide bonds. The first-order valence-corrected chi connectivity index (χ1v) is 20.0. The summed E-state index contributed by atoms with van der Waals surface area (Å²) >= 11 is 0. The van der Waals surface area contributed by atoms with E-state index in [1.807, 2.05) is 26.1 Å². The third kappa shape index (κ3) is 7.22. The molecule has 274 valence electrons. The molecule has 0 fully saturated rings. The predicted octanol–water partition coefficient (Wildman–Crippen LogP) is 14.4. The Hall–Kier alpha value is -5.86. The average molecular weight is 717 g/mol. The minimum absolute atomic E-state index is 0.425. The first-order valence-electron chi connectivity index (χ1n) is 20.0. The molecule has 2 heterocycles. The van der Waals surface area contributed by atoms with Crippen LogP contribution in [0.4, 0.5) is 0 Å². The maximum absolute atomic E-state index is 5.09. The Kier molecular flexibility index (Phi) is 11.1. The highest BCUT2D eigenvalue weighted by Crippen LogP contribution is 2.56. The molecule has 0 saturated carbocycles. The number of aromatic nitrogens is 2. The van der Waals surface area contributed by atoms with E-state index in [0.29, 0.717) is 5.92 Å². The molecule has 2 heteroatoms. The fourth-order valence-corrected chi connectivity index (χ4v) is 8.04. The van der Waals surface area contributed by atoms with Gasteiger partial charge in [0, 0.05) is 22.5 Å². The average Bonchev–Trinajstić information content (AvgIpc) is 3.52. The Balaban J connectivity index is 0.000000730. The number of fused-ring (bicyclic) bond motifs is 6. The minimum atomic E-state index is -0.425. The summed E-state index contributed by atoms with van der Waals surface area (Å²) in [5, 5.41) is 2.20. The van der Waals surface area contributed by atoms with Crippen LogP contribution in [-0.4, -0.2) is 9.97 Å². The zero-order chi connectivity index (χ0) is 38.5. The number of pyridine rings is 2. The monoisotopic (exact) mass is 716 g/mol. The van der Waals surface area contributed by atoms with Crippen molar-refractivity contribution in [1.29, 1.82) is 0 Å². The Labute approximate surface area is 328 Å². The lowest BCUT2D eigenvalue weighted by Gasteiger charge is -2.34. The Morgan fingerprint density at radius 3 is 1.71 bits per heavy atom. The molecule has 0 saturated heterocycles. The summed E-state index contributed by atoms with van der Waals surface area (Å²) in [5.41, 5.74) is 15.1. The summed E-state index contributed by atoms with van der Waals surface area (Å²) in [6.45, 7) is 15.1. The van der Waals surface area contributed by atoms with Gasteiger partial charge in [-0.05, 0) is 86.5 Å². The lowest BCUT2D eigenvalue weighted by molar-refractivity contribution is 0.646. The summed E-state index contributed by atoms with van der Waals surface area (Å²) in [5.74, 6) is 1.45. The van der Waals surface area contributed by atoms with Crippen molar-refractivity contribution in [3.8, 4) is 33.5 Å². The van der Waals surface area contributed by atoms with Gasteiger partial charge in [-0.15, -0.1) is 0 Å². The molecule has 8 aromatic rings. The topological polar surface area (TPSA) is 25.8 Å². The van der Waals surface area contributed by atoms with Crippen LogP contribution in [0.5, 0.6) is 0 Å². The van der Waals surface area contributed by atoms with Crippen LogP contribution in [-0.2, 0) is 11.8 Å². The van der Waals surface area contributed by atoms with Gasteiger partial charge in [0.2, 0.25) is 0 Å². The van der Waals surface area contributed by atoms with Crippen molar-refractivity contribution < 1.29 is 0 Å². The highest BCUT2D eigenvalue weighted by atomic mass is 14.7. The van der Waals surface area contributed by atoms with E-state index in [4.69, 9.17) is 4.98 Å². The largest absolute Gasteiger partial charge is 0.254 e. The van der Waals surface area contributed by atoms with E-state index in [1.54, 1.807) is 0 Å². The summed E-state index contributed by atoms with van der Waals surface area (Å²) in [6, 6.07) is 57.9. The van der Waals surface area contributed by atoms with E-state index in [9.17, 15) is 0 Å². The summed E-state index contributed by atoms with van der Waals surface area (Å²) < 4.78 is 0. The fraction of sp³-hybridized carbons (Fsp3) is 0.208. The number of hydrogen-bond donors (Lipinski definition) is 0. The first kappa shape index (κ1) is 37.5. The van der Waals surface area contributed by atoms with E-state index in [-0.39, 0.29) is 0 Å². The molecule has 9 rings (SSSR count). The second-order valence-electron chi connectivity index (χ2n) is 15.4. The van der Waals surface area contributed by atoms with Gasteiger partial charge < -0.3 is 0 Å². The van der Waals surface area contributed by atoms with Crippen LogP contribution in [0.15, 0.2) is 164 Å². The van der Waals surface area contributed by atoms with Crippen molar-refractivity contribution >= 4 is 21.8 Å². The lowest BCUT2D eigenvalue weighted by Crippen LogP contribution is -2.28. The molecule has 0 atom stereocenters.